The van der Waals surface area contributed by atoms with E-state index in [4.69, 9.17) is 10.5 Å². The van der Waals surface area contributed by atoms with Crippen LogP contribution in [0, 0.1) is 0 Å². The molecule has 0 amide bonds. The van der Waals surface area contributed by atoms with Crippen LogP contribution in [0.1, 0.15) is 23.1 Å². The first-order valence-electron chi connectivity index (χ1n) is 6.15. The summed E-state index contributed by atoms with van der Waals surface area (Å²) in [5, 5.41) is 0. The zero-order valence-corrected chi connectivity index (χ0v) is 10.9. The van der Waals surface area contributed by atoms with Crippen molar-refractivity contribution in [2.75, 3.05) is 14.2 Å². The lowest BCUT2D eigenvalue weighted by Crippen LogP contribution is -2.19. The Balaban J connectivity index is 2.18. The Kier molecular flexibility index (Phi) is 3.87. The number of methoxy groups -OCH3 is 2. The third kappa shape index (κ3) is 2.64. The molecule has 0 spiro atoms. The molecule has 4 nitrogen and oxygen atoms in total. The number of hydrogen-bond acceptors (Lipinski definition) is 4. The van der Waals surface area contributed by atoms with Crippen LogP contribution < -0.4 is 10.5 Å². The van der Waals surface area contributed by atoms with Gasteiger partial charge >= 0.3 is 5.97 Å². The van der Waals surface area contributed by atoms with Gasteiger partial charge < -0.3 is 15.2 Å². The highest BCUT2D eigenvalue weighted by Gasteiger charge is 2.22. The third-order valence-electron chi connectivity index (χ3n) is 3.37. The average molecular weight is 249 g/mol. The highest BCUT2D eigenvalue weighted by atomic mass is 16.5. The van der Waals surface area contributed by atoms with E-state index in [1.54, 1.807) is 7.11 Å². The number of carbonyl (C=O) groups excluding carboxylic acids is 1. The number of benzene rings is 1. The summed E-state index contributed by atoms with van der Waals surface area (Å²) < 4.78 is 10.1. The molecule has 0 saturated heterocycles. The fourth-order valence-electron chi connectivity index (χ4n) is 2.47. The van der Waals surface area contributed by atoms with Gasteiger partial charge in [0.25, 0.3) is 0 Å². The highest BCUT2D eigenvalue weighted by molar-refractivity contribution is 5.69. The van der Waals surface area contributed by atoms with Crippen molar-refractivity contribution in [3.63, 3.8) is 0 Å². The number of aryl methyl sites for hydroxylation is 1. The molecular weight excluding hydrogens is 230 g/mol. The van der Waals surface area contributed by atoms with Crippen molar-refractivity contribution in [1.82, 2.24) is 0 Å². The molecule has 0 aromatic heterocycles. The summed E-state index contributed by atoms with van der Waals surface area (Å²) in [5.41, 5.74) is 9.54. The normalized spacial score (nSPS) is 17.4. The Bertz CT molecular complexity index is 457. The molecule has 1 aromatic rings. The van der Waals surface area contributed by atoms with Crippen LogP contribution in [-0.2, 0) is 28.8 Å². The Morgan fingerprint density at radius 1 is 1.39 bits per heavy atom. The minimum absolute atomic E-state index is 0.185. The maximum absolute atomic E-state index is 11.2. The van der Waals surface area contributed by atoms with E-state index in [0.717, 1.165) is 24.2 Å². The number of nitrogens with two attached hydrogens (primary N) is 1. The predicted molar refractivity (Wildman–Crippen MR) is 68.7 cm³/mol. The number of fused-ring (bicyclic) bond motifs is 1. The smallest absolute Gasteiger partial charge is 0.305 e. The van der Waals surface area contributed by atoms with Crippen molar-refractivity contribution in [3.8, 4) is 5.75 Å². The molecule has 0 saturated carbocycles. The van der Waals surface area contributed by atoms with Gasteiger partial charge in [-0.1, -0.05) is 6.07 Å². The molecule has 0 radical (unpaired) electrons. The maximum Gasteiger partial charge on any atom is 0.305 e. The van der Waals surface area contributed by atoms with Gasteiger partial charge in [-0.05, 0) is 42.0 Å². The van der Waals surface area contributed by atoms with Gasteiger partial charge in [-0.25, -0.2) is 0 Å². The summed E-state index contributed by atoms with van der Waals surface area (Å²) in [6, 6.07) is 4.32. The van der Waals surface area contributed by atoms with Gasteiger partial charge in [0.15, 0.2) is 0 Å². The zero-order chi connectivity index (χ0) is 13.1. The second kappa shape index (κ2) is 5.40. The summed E-state index contributed by atoms with van der Waals surface area (Å²) >= 11 is 0. The summed E-state index contributed by atoms with van der Waals surface area (Å²) in [6.45, 7) is 0. The Morgan fingerprint density at radius 2 is 2.17 bits per heavy atom. The Labute approximate surface area is 107 Å². The highest BCUT2D eigenvalue weighted by Crippen LogP contribution is 2.32. The van der Waals surface area contributed by atoms with Crippen LogP contribution in [0.15, 0.2) is 12.1 Å². The van der Waals surface area contributed by atoms with Crippen LogP contribution in [-0.4, -0.2) is 26.2 Å². The molecular formula is C14H19NO3. The molecule has 1 aliphatic carbocycles. The number of rotatable bonds is 4. The average Bonchev–Trinajstić information content (AvgIpc) is 2.74. The molecule has 18 heavy (non-hydrogen) atoms. The molecule has 0 aliphatic heterocycles. The minimum Gasteiger partial charge on any atom is -0.496 e. The van der Waals surface area contributed by atoms with Crippen molar-refractivity contribution in [2.45, 2.75) is 31.7 Å². The second-order valence-electron chi connectivity index (χ2n) is 4.68. The topological polar surface area (TPSA) is 61.5 Å². The van der Waals surface area contributed by atoms with E-state index in [1.165, 1.54) is 18.2 Å². The van der Waals surface area contributed by atoms with Crippen LogP contribution in [0.5, 0.6) is 5.75 Å². The van der Waals surface area contributed by atoms with Crippen LogP contribution in [0.4, 0.5) is 0 Å². The summed E-state index contributed by atoms with van der Waals surface area (Å²) in [5.74, 6) is 0.700. The van der Waals surface area contributed by atoms with Crippen LogP contribution in [0.3, 0.4) is 0 Å². The first-order valence-corrected chi connectivity index (χ1v) is 6.15. The molecule has 2 rings (SSSR count). The lowest BCUT2D eigenvalue weighted by atomic mass is 10.0. The summed E-state index contributed by atoms with van der Waals surface area (Å²) in [4.78, 5) is 11.2. The quantitative estimate of drug-likeness (QED) is 0.815. The monoisotopic (exact) mass is 249 g/mol. The van der Waals surface area contributed by atoms with Crippen LogP contribution in [0.25, 0.3) is 0 Å². The summed E-state index contributed by atoms with van der Waals surface area (Å²) in [6.07, 6.45) is 2.82. The zero-order valence-electron chi connectivity index (χ0n) is 10.9. The molecule has 98 valence electrons. The Hall–Kier alpha value is -1.55. The van der Waals surface area contributed by atoms with Crippen LogP contribution in [0.2, 0.25) is 0 Å². The number of ether oxygens (including phenoxy) is 2. The van der Waals surface area contributed by atoms with Crippen molar-refractivity contribution in [3.05, 3.63) is 28.8 Å². The van der Waals surface area contributed by atoms with Crippen LogP contribution >= 0.6 is 0 Å². The molecule has 4 heteroatoms. The molecule has 0 bridgehead atoms. The fourth-order valence-corrected chi connectivity index (χ4v) is 2.47. The maximum atomic E-state index is 11.2. The van der Waals surface area contributed by atoms with Crippen molar-refractivity contribution in [2.24, 2.45) is 5.73 Å². The molecule has 0 fully saturated rings. The molecule has 1 atom stereocenters. The van der Waals surface area contributed by atoms with E-state index in [2.05, 4.69) is 10.8 Å². The Morgan fingerprint density at radius 3 is 2.83 bits per heavy atom. The number of hydrogen-bond donors (Lipinski definition) is 1. The van der Waals surface area contributed by atoms with Gasteiger partial charge in [0.1, 0.15) is 5.75 Å². The van der Waals surface area contributed by atoms with E-state index in [1.807, 2.05) is 6.07 Å². The standard InChI is InChI=1S/C14H19NO3/c1-17-13-6-9(3-4-14(16)18-2)5-10-7-11(15)8-12(10)13/h5-6,11H,3-4,7-8,15H2,1-2H3. The van der Waals surface area contributed by atoms with E-state index in [-0.39, 0.29) is 12.0 Å². The largest absolute Gasteiger partial charge is 0.496 e. The van der Waals surface area contributed by atoms with Gasteiger partial charge in [0, 0.05) is 12.5 Å². The SMILES string of the molecule is COC(=O)CCc1cc2c(c(OC)c1)CC(N)C2. The van der Waals surface area contributed by atoms with Gasteiger partial charge in [0.05, 0.1) is 14.2 Å². The van der Waals surface area contributed by atoms with Gasteiger partial charge in [-0.15, -0.1) is 0 Å². The lowest BCUT2D eigenvalue weighted by Gasteiger charge is -2.10. The van der Waals surface area contributed by atoms with E-state index in [9.17, 15) is 4.79 Å². The van der Waals surface area contributed by atoms with E-state index in [0.29, 0.717) is 12.8 Å². The van der Waals surface area contributed by atoms with E-state index < -0.39 is 0 Å². The predicted octanol–water partition coefficient (Wildman–Crippen LogP) is 1.23. The number of esters is 1. The van der Waals surface area contributed by atoms with Crippen molar-refractivity contribution in [1.29, 1.82) is 0 Å². The summed E-state index contributed by atoms with van der Waals surface area (Å²) in [7, 11) is 3.08. The van der Waals surface area contributed by atoms with Gasteiger partial charge in [0.2, 0.25) is 0 Å². The third-order valence-corrected chi connectivity index (χ3v) is 3.37. The van der Waals surface area contributed by atoms with Crippen molar-refractivity contribution < 1.29 is 14.3 Å². The molecule has 0 heterocycles. The molecule has 1 unspecified atom stereocenters. The van der Waals surface area contributed by atoms with Gasteiger partial charge in [-0.2, -0.15) is 0 Å². The molecule has 1 aromatic carbocycles. The minimum atomic E-state index is -0.189. The second-order valence-corrected chi connectivity index (χ2v) is 4.68. The number of carbonyl (C=O) groups is 1. The van der Waals surface area contributed by atoms with E-state index >= 15 is 0 Å². The fraction of sp³-hybridized carbons (Fsp3) is 0.500. The molecule has 2 N–H and O–H groups in total. The van der Waals surface area contributed by atoms with Crippen molar-refractivity contribution >= 4 is 5.97 Å². The lowest BCUT2D eigenvalue weighted by molar-refractivity contribution is -0.140. The first-order chi connectivity index (χ1) is 8.63. The molecule has 1 aliphatic rings. The van der Waals surface area contributed by atoms with Gasteiger partial charge in [-0.3, -0.25) is 4.79 Å². The first kappa shape index (κ1) is 12.9.